The monoisotopic (exact) mass is 312 g/mol. The average Bonchev–Trinajstić information content (AvgIpc) is 2.29. The Morgan fingerprint density at radius 3 is 2.68 bits per heavy atom. The molecule has 114 valence electrons. The van der Waals surface area contributed by atoms with Crippen molar-refractivity contribution < 1.29 is 13.2 Å². The molecule has 1 unspecified atom stereocenters. The predicted molar refractivity (Wildman–Crippen MR) is 79.5 cm³/mol. The lowest BCUT2D eigenvalue weighted by molar-refractivity contribution is -0.119. The van der Waals surface area contributed by atoms with Gasteiger partial charge < -0.3 is 10.6 Å². The molecule has 1 fully saturated rings. The molecule has 5 nitrogen and oxygen atoms in total. The van der Waals surface area contributed by atoms with Crippen LogP contribution in [0.2, 0.25) is 0 Å². The number of hydrogen-bond donors (Lipinski definition) is 2. The third-order valence-corrected chi connectivity index (χ3v) is 4.68. The average molecular weight is 313 g/mol. The van der Waals surface area contributed by atoms with E-state index in [1.807, 2.05) is 6.92 Å². The van der Waals surface area contributed by atoms with Crippen LogP contribution in [0.3, 0.4) is 0 Å². The van der Waals surface area contributed by atoms with E-state index < -0.39 is 9.84 Å². The van der Waals surface area contributed by atoms with Crippen molar-refractivity contribution in [2.75, 3.05) is 24.6 Å². The molecule has 1 aliphatic rings. The SMILES string of the molecule is CCCCCS(=O)(=O)CC(=O)NC1CCCNC1.Cl. The molecule has 1 rings (SSSR count). The van der Waals surface area contributed by atoms with Crippen LogP contribution in [0, 0.1) is 0 Å². The normalized spacial score (nSPS) is 19.5. The number of carbonyl (C=O) groups is 1. The Balaban J connectivity index is 0.00000324. The molecule has 0 bridgehead atoms. The van der Waals surface area contributed by atoms with Crippen LogP contribution in [0.5, 0.6) is 0 Å². The Bertz CT molecular complexity index is 354. The number of amides is 1. The predicted octanol–water partition coefficient (Wildman–Crippen LogP) is 0.881. The number of rotatable bonds is 7. The zero-order valence-electron chi connectivity index (χ0n) is 11.5. The molecule has 1 heterocycles. The van der Waals surface area contributed by atoms with Crippen molar-refractivity contribution in [1.29, 1.82) is 0 Å². The smallest absolute Gasteiger partial charge is 0.235 e. The summed E-state index contributed by atoms with van der Waals surface area (Å²) in [6, 6.07) is 0.0806. The molecule has 0 aromatic heterocycles. The summed E-state index contributed by atoms with van der Waals surface area (Å²) < 4.78 is 23.4. The van der Waals surface area contributed by atoms with E-state index in [1.54, 1.807) is 0 Å². The zero-order chi connectivity index (χ0) is 13.4. The van der Waals surface area contributed by atoms with E-state index in [1.165, 1.54) is 0 Å². The maximum Gasteiger partial charge on any atom is 0.235 e. The maximum atomic E-state index is 11.7. The van der Waals surface area contributed by atoms with Gasteiger partial charge in [-0.2, -0.15) is 0 Å². The van der Waals surface area contributed by atoms with Crippen LogP contribution < -0.4 is 10.6 Å². The summed E-state index contributed by atoms with van der Waals surface area (Å²) in [5.74, 6) is -0.607. The molecular formula is C12H25ClN2O3S. The van der Waals surface area contributed by atoms with Gasteiger partial charge in [0.15, 0.2) is 9.84 Å². The topological polar surface area (TPSA) is 75.3 Å². The third-order valence-electron chi connectivity index (χ3n) is 3.07. The molecule has 1 atom stereocenters. The molecule has 2 N–H and O–H groups in total. The lowest BCUT2D eigenvalue weighted by Crippen LogP contribution is -2.47. The lowest BCUT2D eigenvalue weighted by atomic mass is 10.1. The quantitative estimate of drug-likeness (QED) is 0.684. The van der Waals surface area contributed by atoms with Gasteiger partial charge in [-0.05, 0) is 25.8 Å². The highest BCUT2D eigenvalue weighted by Gasteiger charge is 2.20. The molecule has 0 saturated carbocycles. The Kier molecular flexibility index (Phi) is 9.39. The number of unbranched alkanes of at least 4 members (excludes halogenated alkanes) is 2. The molecule has 19 heavy (non-hydrogen) atoms. The Hall–Kier alpha value is -0.330. The Morgan fingerprint density at radius 1 is 1.37 bits per heavy atom. The second kappa shape index (κ2) is 9.55. The second-order valence-corrected chi connectivity index (χ2v) is 7.09. The fourth-order valence-corrected chi connectivity index (χ4v) is 3.36. The molecule has 7 heteroatoms. The van der Waals surface area contributed by atoms with E-state index in [-0.39, 0.29) is 35.9 Å². The zero-order valence-corrected chi connectivity index (χ0v) is 13.1. The van der Waals surface area contributed by atoms with Crippen molar-refractivity contribution >= 4 is 28.2 Å². The van der Waals surface area contributed by atoms with Crippen molar-refractivity contribution in [2.24, 2.45) is 0 Å². The molecule has 0 aromatic carbocycles. The van der Waals surface area contributed by atoms with Crippen LogP contribution in [0.4, 0.5) is 0 Å². The van der Waals surface area contributed by atoms with Gasteiger partial charge in [0.2, 0.25) is 5.91 Å². The summed E-state index contributed by atoms with van der Waals surface area (Å²) in [7, 11) is -3.24. The fourth-order valence-electron chi connectivity index (χ4n) is 2.09. The minimum atomic E-state index is -3.24. The molecule has 1 aliphatic heterocycles. The third kappa shape index (κ3) is 8.44. The van der Waals surface area contributed by atoms with Gasteiger partial charge in [0.1, 0.15) is 5.75 Å². The van der Waals surface area contributed by atoms with E-state index >= 15 is 0 Å². The minimum absolute atomic E-state index is 0. The van der Waals surface area contributed by atoms with Gasteiger partial charge in [0, 0.05) is 12.6 Å². The highest BCUT2D eigenvalue weighted by atomic mass is 35.5. The molecule has 0 spiro atoms. The number of sulfone groups is 1. The number of hydrogen-bond acceptors (Lipinski definition) is 4. The summed E-state index contributed by atoms with van der Waals surface area (Å²) >= 11 is 0. The van der Waals surface area contributed by atoms with E-state index in [4.69, 9.17) is 0 Å². The van der Waals surface area contributed by atoms with Crippen LogP contribution in [-0.4, -0.2) is 45.0 Å². The molecule has 0 aliphatic carbocycles. The van der Waals surface area contributed by atoms with Crippen LogP contribution in [0.25, 0.3) is 0 Å². The second-order valence-electron chi connectivity index (χ2n) is 4.91. The first-order valence-electron chi connectivity index (χ1n) is 6.74. The largest absolute Gasteiger partial charge is 0.351 e. The van der Waals surface area contributed by atoms with E-state index in [0.717, 1.165) is 38.8 Å². The van der Waals surface area contributed by atoms with E-state index in [2.05, 4.69) is 10.6 Å². The minimum Gasteiger partial charge on any atom is -0.351 e. The van der Waals surface area contributed by atoms with Crippen LogP contribution in [-0.2, 0) is 14.6 Å². The van der Waals surface area contributed by atoms with Gasteiger partial charge in [-0.1, -0.05) is 19.8 Å². The first-order chi connectivity index (χ1) is 8.53. The highest BCUT2D eigenvalue weighted by Crippen LogP contribution is 2.03. The summed E-state index contributed by atoms with van der Waals surface area (Å²) in [6.45, 7) is 3.73. The summed E-state index contributed by atoms with van der Waals surface area (Å²) in [5.41, 5.74) is 0. The van der Waals surface area contributed by atoms with E-state index in [0.29, 0.717) is 6.42 Å². The summed E-state index contributed by atoms with van der Waals surface area (Å²) in [5, 5.41) is 5.97. The standard InChI is InChI=1S/C12H24N2O3S.ClH/c1-2-3-4-8-18(16,17)10-12(15)14-11-6-5-7-13-9-11;/h11,13H,2-10H2,1H3,(H,14,15);1H. The fraction of sp³-hybridized carbons (Fsp3) is 0.917. The summed E-state index contributed by atoms with van der Waals surface area (Å²) in [6.07, 6.45) is 4.47. The van der Waals surface area contributed by atoms with Crippen LogP contribution in [0.1, 0.15) is 39.0 Å². The van der Waals surface area contributed by atoms with Crippen LogP contribution in [0.15, 0.2) is 0 Å². The Morgan fingerprint density at radius 2 is 2.11 bits per heavy atom. The Labute approximate surface area is 122 Å². The molecule has 0 radical (unpaired) electrons. The van der Waals surface area contributed by atoms with Crippen molar-refractivity contribution in [2.45, 2.75) is 45.1 Å². The molecular weight excluding hydrogens is 288 g/mol. The van der Waals surface area contributed by atoms with Gasteiger partial charge >= 0.3 is 0 Å². The number of piperidine rings is 1. The summed E-state index contributed by atoms with van der Waals surface area (Å²) in [4.78, 5) is 11.6. The molecule has 1 saturated heterocycles. The maximum absolute atomic E-state index is 11.7. The van der Waals surface area contributed by atoms with Gasteiger partial charge in [-0.15, -0.1) is 12.4 Å². The van der Waals surface area contributed by atoms with Crippen molar-refractivity contribution in [1.82, 2.24) is 10.6 Å². The van der Waals surface area contributed by atoms with Crippen molar-refractivity contribution in [3.05, 3.63) is 0 Å². The van der Waals surface area contributed by atoms with Crippen LogP contribution >= 0.6 is 12.4 Å². The number of halogens is 1. The number of nitrogens with one attached hydrogen (secondary N) is 2. The van der Waals surface area contributed by atoms with Gasteiger partial charge in [0.05, 0.1) is 5.75 Å². The van der Waals surface area contributed by atoms with Gasteiger partial charge in [-0.3, -0.25) is 4.79 Å². The van der Waals surface area contributed by atoms with Gasteiger partial charge in [-0.25, -0.2) is 8.42 Å². The van der Waals surface area contributed by atoms with Crippen molar-refractivity contribution in [3.8, 4) is 0 Å². The van der Waals surface area contributed by atoms with Crippen molar-refractivity contribution in [3.63, 3.8) is 0 Å². The highest BCUT2D eigenvalue weighted by molar-refractivity contribution is 7.92. The number of carbonyl (C=O) groups excluding carboxylic acids is 1. The molecule has 1 amide bonds. The van der Waals surface area contributed by atoms with E-state index in [9.17, 15) is 13.2 Å². The first kappa shape index (κ1) is 18.7. The first-order valence-corrected chi connectivity index (χ1v) is 8.56. The lowest BCUT2D eigenvalue weighted by Gasteiger charge is -2.23. The van der Waals surface area contributed by atoms with Gasteiger partial charge in [0.25, 0.3) is 0 Å². The molecule has 0 aromatic rings.